The van der Waals surface area contributed by atoms with Gasteiger partial charge in [0.1, 0.15) is 11.2 Å². The Kier molecular flexibility index (Phi) is 7.38. The molecule has 0 aliphatic rings. The van der Waals surface area contributed by atoms with Gasteiger partial charge in [0.2, 0.25) is 11.4 Å². The second kappa shape index (κ2) is 13.0. The van der Waals surface area contributed by atoms with Crippen molar-refractivity contribution in [2.45, 2.75) is 0 Å². The van der Waals surface area contributed by atoms with E-state index in [1.165, 1.54) is 0 Å². The number of nitrogens with zero attached hydrogens (tertiary/aromatic N) is 4. The zero-order valence-electron chi connectivity index (χ0n) is 29.9. The molecular weight excluding hydrogens is 689 g/mol. The molecule has 0 atom stereocenters. The van der Waals surface area contributed by atoms with Crippen LogP contribution in [0, 0.1) is 0 Å². The summed E-state index contributed by atoms with van der Waals surface area (Å²) < 4.78 is 12.8. The fraction of sp³-hybridized carbons (Fsp3) is 0. The Balaban J connectivity index is 1.08. The number of furan rings is 2. The van der Waals surface area contributed by atoms with Crippen LogP contribution < -0.4 is 0 Å². The highest BCUT2D eigenvalue weighted by molar-refractivity contribution is 6.12. The predicted molar refractivity (Wildman–Crippen MR) is 225 cm³/mol. The summed E-state index contributed by atoms with van der Waals surface area (Å²) in [6.45, 7) is 0. The summed E-state index contributed by atoms with van der Waals surface area (Å²) in [5.41, 5.74) is 12.3. The SMILES string of the molecule is c1ccc(-c2ccc(-c3nc(-c4cccc(-c5nc(-c6ccc(-c7ccccc7)cc6)nc6oc7ccccc7c56)c4)c4c(n3)oc3ccccc34)cc2)cc1. The fourth-order valence-electron chi connectivity index (χ4n) is 7.62. The lowest BCUT2D eigenvalue weighted by Gasteiger charge is -2.11. The molecule has 7 aromatic carbocycles. The highest BCUT2D eigenvalue weighted by atomic mass is 16.3. The summed E-state index contributed by atoms with van der Waals surface area (Å²) in [6.07, 6.45) is 0. The fourth-order valence-corrected chi connectivity index (χ4v) is 7.62. The summed E-state index contributed by atoms with van der Waals surface area (Å²) in [6, 6.07) is 61.9. The maximum atomic E-state index is 6.40. The van der Waals surface area contributed by atoms with Gasteiger partial charge in [0.05, 0.1) is 22.2 Å². The maximum Gasteiger partial charge on any atom is 0.231 e. The van der Waals surface area contributed by atoms with Gasteiger partial charge < -0.3 is 8.83 Å². The lowest BCUT2D eigenvalue weighted by atomic mass is 9.99. The number of hydrogen-bond donors (Lipinski definition) is 0. The average molecular weight is 719 g/mol. The molecule has 0 fully saturated rings. The van der Waals surface area contributed by atoms with Gasteiger partial charge >= 0.3 is 0 Å². The van der Waals surface area contributed by atoms with Crippen molar-refractivity contribution >= 4 is 44.1 Å². The lowest BCUT2D eigenvalue weighted by Crippen LogP contribution is -1.96. The van der Waals surface area contributed by atoms with E-state index in [2.05, 4.69) is 109 Å². The Bertz CT molecular complexity index is 3010. The van der Waals surface area contributed by atoms with Gasteiger partial charge in [-0.25, -0.2) is 9.97 Å². The van der Waals surface area contributed by atoms with Crippen molar-refractivity contribution in [2.24, 2.45) is 0 Å². The zero-order valence-corrected chi connectivity index (χ0v) is 29.9. The third-order valence-electron chi connectivity index (χ3n) is 10.4. The topological polar surface area (TPSA) is 77.8 Å². The van der Waals surface area contributed by atoms with E-state index in [4.69, 9.17) is 28.8 Å². The quantitative estimate of drug-likeness (QED) is 0.170. The Morgan fingerprint density at radius 2 is 0.643 bits per heavy atom. The van der Waals surface area contributed by atoms with Crippen LogP contribution in [0.1, 0.15) is 0 Å². The summed E-state index contributed by atoms with van der Waals surface area (Å²) in [5.74, 6) is 1.17. The van der Waals surface area contributed by atoms with Crippen molar-refractivity contribution in [3.8, 4) is 67.5 Å². The molecule has 0 aliphatic carbocycles. The van der Waals surface area contributed by atoms with Gasteiger partial charge in [-0.1, -0.05) is 164 Å². The van der Waals surface area contributed by atoms with E-state index in [9.17, 15) is 0 Å². The molecule has 0 bridgehead atoms. The summed E-state index contributed by atoms with van der Waals surface area (Å²) in [4.78, 5) is 20.5. The van der Waals surface area contributed by atoms with Crippen molar-refractivity contribution < 1.29 is 8.83 Å². The first kappa shape index (κ1) is 31.8. The number of hydrogen-bond acceptors (Lipinski definition) is 6. The Morgan fingerprint density at radius 1 is 0.286 bits per heavy atom. The van der Waals surface area contributed by atoms with Crippen LogP contribution in [0.2, 0.25) is 0 Å². The molecule has 0 radical (unpaired) electrons. The van der Waals surface area contributed by atoms with E-state index in [0.717, 1.165) is 88.6 Å². The molecule has 262 valence electrons. The molecule has 11 rings (SSSR count). The number of rotatable bonds is 6. The van der Waals surface area contributed by atoms with Crippen molar-refractivity contribution in [2.75, 3.05) is 0 Å². The normalized spacial score (nSPS) is 11.6. The molecule has 0 spiro atoms. The first-order chi connectivity index (χ1) is 27.7. The lowest BCUT2D eigenvalue weighted by molar-refractivity contribution is 0.653. The average Bonchev–Trinajstić information content (AvgIpc) is 3.85. The smallest absolute Gasteiger partial charge is 0.231 e. The Morgan fingerprint density at radius 3 is 1.09 bits per heavy atom. The highest BCUT2D eigenvalue weighted by Gasteiger charge is 2.21. The summed E-state index contributed by atoms with van der Waals surface area (Å²) in [5, 5.41) is 3.65. The molecule has 0 aliphatic heterocycles. The third kappa shape index (κ3) is 5.43. The second-order valence-corrected chi connectivity index (χ2v) is 13.8. The molecule has 11 aromatic rings. The Labute approximate surface area is 321 Å². The van der Waals surface area contributed by atoms with E-state index >= 15 is 0 Å². The summed E-state index contributed by atoms with van der Waals surface area (Å²) in [7, 11) is 0. The molecular formula is C50H30N4O2. The van der Waals surface area contributed by atoms with Crippen molar-refractivity contribution in [3.05, 3.63) is 182 Å². The van der Waals surface area contributed by atoms with Crippen LogP contribution in [-0.2, 0) is 0 Å². The van der Waals surface area contributed by atoms with E-state index < -0.39 is 0 Å². The number of benzene rings is 7. The molecule has 0 saturated carbocycles. The van der Waals surface area contributed by atoms with Gasteiger partial charge in [0.15, 0.2) is 11.6 Å². The second-order valence-electron chi connectivity index (χ2n) is 13.8. The van der Waals surface area contributed by atoms with E-state index in [1.54, 1.807) is 0 Å². The number of fused-ring (bicyclic) bond motifs is 6. The molecule has 0 amide bonds. The molecule has 4 aromatic heterocycles. The predicted octanol–water partition coefficient (Wildman–Crippen LogP) is 13.1. The molecule has 0 N–H and O–H groups in total. The highest BCUT2D eigenvalue weighted by Crippen LogP contribution is 2.40. The van der Waals surface area contributed by atoms with Gasteiger partial charge in [-0.3, -0.25) is 0 Å². The Hall–Kier alpha value is -7.70. The van der Waals surface area contributed by atoms with Gasteiger partial charge in [-0.2, -0.15) is 9.97 Å². The largest absolute Gasteiger partial charge is 0.438 e. The first-order valence-corrected chi connectivity index (χ1v) is 18.5. The van der Waals surface area contributed by atoms with E-state index in [-0.39, 0.29) is 0 Å². The van der Waals surface area contributed by atoms with Crippen LogP contribution in [0.15, 0.2) is 191 Å². The number of para-hydroxylation sites is 2. The minimum Gasteiger partial charge on any atom is -0.438 e. The minimum absolute atomic E-state index is 0.537. The van der Waals surface area contributed by atoms with Gasteiger partial charge in [0, 0.05) is 33.0 Å². The van der Waals surface area contributed by atoms with Crippen molar-refractivity contribution in [1.82, 2.24) is 19.9 Å². The molecule has 4 heterocycles. The monoisotopic (exact) mass is 718 g/mol. The van der Waals surface area contributed by atoms with Crippen LogP contribution in [0.4, 0.5) is 0 Å². The van der Waals surface area contributed by atoms with Gasteiger partial charge in [-0.15, -0.1) is 0 Å². The van der Waals surface area contributed by atoms with Crippen LogP contribution in [-0.4, -0.2) is 19.9 Å². The molecule has 6 heteroatoms. The number of aromatic nitrogens is 4. The molecule has 6 nitrogen and oxygen atoms in total. The van der Waals surface area contributed by atoms with Gasteiger partial charge in [0.25, 0.3) is 0 Å². The molecule has 56 heavy (non-hydrogen) atoms. The maximum absolute atomic E-state index is 6.40. The van der Waals surface area contributed by atoms with Gasteiger partial charge in [-0.05, 0) is 40.5 Å². The standard InChI is InChI=1S/C50H30N4O2/c1-3-12-31(13-4-1)33-22-26-35(27-23-33)47-51-45(43-39-18-7-9-20-41(39)55-49(43)53-47)37-16-11-17-38(30-37)46-44-40-19-8-10-21-42(40)56-50(44)54-48(52-46)36-28-24-34(25-29-36)32-14-5-2-6-15-32/h1-30H. The van der Waals surface area contributed by atoms with Crippen LogP contribution in [0.3, 0.4) is 0 Å². The van der Waals surface area contributed by atoms with Crippen LogP contribution in [0.25, 0.3) is 112 Å². The van der Waals surface area contributed by atoms with Crippen LogP contribution in [0.5, 0.6) is 0 Å². The molecule has 0 unspecified atom stereocenters. The van der Waals surface area contributed by atoms with Crippen molar-refractivity contribution in [1.29, 1.82) is 0 Å². The first-order valence-electron chi connectivity index (χ1n) is 18.5. The van der Waals surface area contributed by atoms with Crippen molar-refractivity contribution in [3.63, 3.8) is 0 Å². The third-order valence-corrected chi connectivity index (χ3v) is 10.4. The summed E-state index contributed by atoms with van der Waals surface area (Å²) >= 11 is 0. The minimum atomic E-state index is 0.537. The zero-order chi connectivity index (χ0) is 37.0. The van der Waals surface area contributed by atoms with Crippen LogP contribution >= 0.6 is 0 Å². The molecule has 0 saturated heterocycles. The van der Waals surface area contributed by atoms with E-state index in [0.29, 0.717) is 23.1 Å². The van der Waals surface area contributed by atoms with E-state index in [1.807, 2.05) is 72.8 Å².